The van der Waals surface area contributed by atoms with Gasteiger partial charge in [0.2, 0.25) is 11.8 Å². The van der Waals surface area contributed by atoms with Crippen LogP contribution in [0, 0.1) is 29.1 Å². The number of likely N-dealkylation sites (N-methyl/N-ethyl adjacent to an activating group) is 1. The SMILES string of the molecule is CN(C)CCN1CC(C(=O)N(C)CC23CC4CC(CC(C4)C2)C3)CCC1=O. The molecular weight excluding hydrogens is 338 g/mol. The first-order valence-corrected chi connectivity index (χ1v) is 11.0. The highest BCUT2D eigenvalue weighted by Crippen LogP contribution is 2.60. The molecule has 5 nitrogen and oxygen atoms in total. The van der Waals surface area contributed by atoms with E-state index < -0.39 is 0 Å². The molecule has 0 radical (unpaired) electrons. The third-order valence-corrected chi connectivity index (χ3v) is 7.78. The molecule has 1 aliphatic heterocycles. The smallest absolute Gasteiger partial charge is 0.227 e. The van der Waals surface area contributed by atoms with Gasteiger partial charge in [0.05, 0.1) is 5.92 Å². The molecule has 4 bridgehead atoms. The summed E-state index contributed by atoms with van der Waals surface area (Å²) in [6.45, 7) is 3.14. The van der Waals surface area contributed by atoms with Crippen molar-refractivity contribution in [1.82, 2.24) is 14.7 Å². The minimum absolute atomic E-state index is 0.0104. The highest BCUT2D eigenvalue weighted by molar-refractivity contribution is 5.83. The molecule has 2 amide bonds. The van der Waals surface area contributed by atoms with Gasteiger partial charge in [0.15, 0.2) is 0 Å². The molecule has 1 saturated heterocycles. The zero-order valence-electron chi connectivity index (χ0n) is 17.5. The van der Waals surface area contributed by atoms with Crippen LogP contribution in [0.5, 0.6) is 0 Å². The lowest BCUT2D eigenvalue weighted by atomic mass is 9.49. The van der Waals surface area contributed by atoms with Crippen molar-refractivity contribution in [3.8, 4) is 0 Å². The lowest BCUT2D eigenvalue weighted by Crippen LogP contribution is -2.53. The van der Waals surface area contributed by atoms with Gasteiger partial charge in [-0.2, -0.15) is 0 Å². The van der Waals surface area contributed by atoms with E-state index >= 15 is 0 Å². The maximum Gasteiger partial charge on any atom is 0.227 e. The Morgan fingerprint density at radius 3 is 2.22 bits per heavy atom. The Labute approximate surface area is 164 Å². The molecule has 5 fully saturated rings. The molecule has 0 aromatic rings. The fraction of sp³-hybridized carbons (Fsp3) is 0.909. The van der Waals surface area contributed by atoms with Crippen LogP contribution >= 0.6 is 0 Å². The van der Waals surface area contributed by atoms with Gasteiger partial charge in [-0.25, -0.2) is 0 Å². The molecule has 5 aliphatic rings. The quantitative estimate of drug-likeness (QED) is 0.716. The van der Waals surface area contributed by atoms with E-state index in [9.17, 15) is 9.59 Å². The van der Waals surface area contributed by atoms with Crippen molar-refractivity contribution in [1.29, 1.82) is 0 Å². The summed E-state index contributed by atoms with van der Waals surface area (Å²) in [6, 6.07) is 0. The standard InChI is InChI=1S/C22H37N3O2/c1-23(2)6-7-25-14-19(4-5-20(25)26)21(27)24(3)15-22-11-16-8-17(12-22)10-18(9-16)13-22/h16-19H,4-15H2,1-3H3. The van der Waals surface area contributed by atoms with E-state index in [4.69, 9.17) is 0 Å². The Morgan fingerprint density at radius 1 is 1.07 bits per heavy atom. The van der Waals surface area contributed by atoms with Crippen molar-refractivity contribution in [2.24, 2.45) is 29.1 Å². The predicted molar refractivity (Wildman–Crippen MR) is 106 cm³/mol. The van der Waals surface area contributed by atoms with Crippen molar-refractivity contribution in [3.05, 3.63) is 0 Å². The number of amides is 2. The van der Waals surface area contributed by atoms with Crippen molar-refractivity contribution >= 4 is 11.8 Å². The van der Waals surface area contributed by atoms with Crippen molar-refractivity contribution in [3.63, 3.8) is 0 Å². The number of carbonyl (C=O) groups excluding carboxylic acids is 2. The van der Waals surface area contributed by atoms with Gasteiger partial charge in [0, 0.05) is 39.6 Å². The lowest BCUT2D eigenvalue weighted by molar-refractivity contribution is -0.145. The summed E-state index contributed by atoms with van der Waals surface area (Å²) in [5.74, 6) is 3.25. The molecule has 5 rings (SSSR count). The van der Waals surface area contributed by atoms with E-state index in [2.05, 4.69) is 4.90 Å². The van der Waals surface area contributed by atoms with Crippen LogP contribution in [0.4, 0.5) is 0 Å². The molecule has 0 aromatic heterocycles. The highest BCUT2D eigenvalue weighted by Gasteiger charge is 2.51. The summed E-state index contributed by atoms with van der Waals surface area (Å²) in [6.07, 6.45) is 9.61. The molecule has 4 aliphatic carbocycles. The van der Waals surface area contributed by atoms with Gasteiger partial charge in [-0.05, 0) is 82.2 Å². The summed E-state index contributed by atoms with van der Waals surface area (Å²) in [4.78, 5) is 31.5. The van der Waals surface area contributed by atoms with Gasteiger partial charge in [-0.1, -0.05) is 0 Å². The number of carbonyl (C=O) groups is 2. The largest absolute Gasteiger partial charge is 0.345 e. The van der Waals surface area contributed by atoms with Crippen LogP contribution in [0.1, 0.15) is 51.4 Å². The van der Waals surface area contributed by atoms with E-state index in [1.54, 1.807) is 0 Å². The topological polar surface area (TPSA) is 43.9 Å². The van der Waals surface area contributed by atoms with Crippen LogP contribution in [-0.4, -0.2) is 73.8 Å². The zero-order valence-corrected chi connectivity index (χ0v) is 17.5. The minimum Gasteiger partial charge on any atom is -0.345 e. The third-order valence-electron chi connectivity index (χ3n) is 7.78. The van der Waals surface area contributed by atoms with Gasteiger partial charge in [0.1, 0.15) is 0 Å². The van der Waals surface area contributed by atoms with Crippen LogP contribution < -0.4 is 0 Å². The van der Waals surface area contributed by atoms with Gasteiger partial charge < -0.3 is 14.7 Å². The first kappa shape index (κ1) is 19.2. The Morgan fingerprint density at radius 2 is 1.67 bits per heavy atom. The van der Waals surface area contributed by atoms with Crippen LogP contribution in [-0.2, 0) is 9.59 Å². The zero-order chi connectivity index (χ0) is 19.2. The van der Waals surface area contributed by atoms with Crippen LogP contribution in [0.25, 0.3) is 0 Å². The normalized spacial score (nSPS) is 37.9. The predicted octanol–water partition coefficient (Wildman–Crippen LogP) is 2.46. The fourth-order valence-corrected chi connectivity index (χ4v) is 7.03. The Balaban J connectivity index is 1.35. The molecule has 4 saturated carbocycles. The van der Waals surface area contributed by atoms with E-state index in [0.29, 0.717) is 18.4 Å². The van der Waals surface area contributed by atoms with Gasteiger partial charge in [-0.15, -0.1) is 0 Å². The third kappa shape index (κ3) is 4.03. The first-order chi connectivity index (χ1) is 12.8. The molecule has 1 heterocycles. The highest BCUT2D eigenvalue weighted by atomic mass is 16.2. The summed E-state index contributed by atoms with van der Waals surface area (Å²) in [5, 5.41) is 0. The molecule has 0 aromatic carbocycles. The second-order valence-corrected chi connectivity index (χ2v) is 10.5. The number of nitrogens with zero attached hydrogens (tertiary/aromatic N) is 3. The maximum atomic E-state index is 13.2. The van der Waals surface area contributed by atoms with Crippen LogP contribution in [0.2, 0.25) is 0 Å². The minimum atomic E-state index is -0.0104. The van der Waals surface area contributed by atoms with Crippen LogP contribution in [0.15, 0.2) is 0 Å². The Hall–Kier alpha value is -1.10. The second-order valence-electron chi connectivity index (χ2n) is 10.5. The van der Waals surface area contributed by atoms with Crippen LogP contribution in [0.3, 0.4) is 0 Å². The molecule has 1 atom stereocenters. The van der Waals surface area contributed by atoms with Crippen molar-refractivity contribution < 1.29 is 9.59 Å². The van der Waals surface area contributed by atoms with Gasteiger partial charge >= 0.3 is 0 Å². The van der Waals surface area contributed by atoms with E-state index in [1.807, 2.05) is 30.9 Å². The average Bonchev–Trinajstić information content (AvgIpc) is 2.58. The van der Waals surface area contributed by atoms with Crippen molar-refractivity contribution in [2.45, 2.75) is 51.4 Å². The summed E-state index contributed by atoms with van der Waals surface area (Å²) < 4.78 is 0. The fourth-order valence-electron chi connectivity index (χ4n) is 7.03. The number of hydrogen-bond acceptors (Lipinski definition) is 3. The first-order valence-electron chi connectivity index (χ1n) is 11.0. The summed E-state index contributed by atoms with van der Waals surface area (Å²) in [5.41, 5.74) is 0.397. The van der Waals surface area contributed by atoms with E-state index in [-0.39, 0.29) is 17.7 Å². The van der Waals surface area contributed by atoms with Crippen molar-refractivity contribution in [2.75, 3.05) is 47.3 Å². The molecule has 5 heteroatoms. The number of hydrogen-bond donors (Lipinski definition) is 0. The lowest BCUT2D eigenvalue weighted by Gasteiger charge is -2.57. The second kappa shape index (κ2) is 7.38. The number of rotatable bonds is 6. The Kier molecular flexibility index (Phi) is 5.26. The maximum absolute atomic E-state index is 13.2. The monoisotopic (exact) mass is 375 g/mol. The summed E-state index contributed by atoms with van der Waals surface area (Å²) in [7, 11) is 6.06. The molecule has 0 spiro atoms. The average molecular weight is 376 g/mol. The Bertz CT molecular complexity index is 553. The molecule has 27 heavy (non-hydrogen) atoms. The number of piperidine rings is 1. The number of likely N-dealkylation sites (tertiary alicyclic amines) is 1. The van der Waals surface area contributed by atoms with E-state index in [1.165, 1.54) is 38.5 Å². The van der Waals surface area contributed by atoms with Gasteiger partial charge in [0.25, 0.3) is 0 Å². The molecule has 152 valence electrons. The van der Waals surface area contributed by atoms with E-state index in [0.717, 1.165) is 43.8 Å². The molecule has 1 unspecified atom stereocenters. The summed E-state index contributed by atoms with van der Waals surface area (Å²) >= 11 is 0. The molecular formula is C22H37N3O2. The van der Waals surface area contributed by atoms with Gasteiger partial charge in [-0.3, -0.25) is 9.59 Å². The molecule has 0 N–H and O–H groups in total.